The van der Waals surface area contributed by atoms with E-state index in [2.05, 4.69) is 0 Å². The smallest absolute Gasteiger partial charge is 0.248 e. The molecule has 2 amide bonds. The van der Waals surface area contributed by atoms with Gasteiger partial charge in [-0.15, -0.1) is 0 Å². The molecule has 0 N–H and O–H groups in total. The number of nitrogens with zero attached hydrogens (tertiary/aromatic N) is 2. The molecule has 0 aromatic carbocycles. The summed E-state index contributed by atoms with van der Waals surface area (Å²) in [5.74, 6) is 0.980. The number of hydrogen-bond donors (Lipinski definition) is 0. The first kappa shape index (κ1) is 16.3. The fraction of sp³-hybridized carbons (Fsp3) is 0.889. The summed E-state index contributed by atoms with van der Waals surface area (Å²) in [6.07, 6.45) is 6.46. The van der Waals surface area contributed by atoms with Gasteiger partial charge in [-0.1, -0.05) is 6.42 Å². The molecule has 1 unspecified atom stereocenters. The Hall–Kier alpha value is -1.14. The van der Waals surface area contributed by atoms with E-state index in [9.17, 15) is 9.59 Å². The lowest BCUT2D eigenvalue weighted by atomic mass is 9.78. The van der Waals surface area contributed by atoms with Crippen LogP contribution in [-0.4, -0.2) is 73.2 Å². The summed E-state index contributed by atoms with van der Waals surface area (Å²) in [5.41, 5.74) is -0.212. The van der Waals surface area contributed by atoms with Crippen LogP contribution >= 0.6 is 0 Å². The van der Waals surface area contributed by atoms with E-state index >= 15 is 0 Å². The molecule has 1 atom stereocenters. The van der Waals surface area contributed by atoms with Gasteiger partial charge in [-0.2, -0.15) is 0 Å². The third-order valence-electron chi connectivity index (χ3n) is 6.29. The highest BCUT2D eigenvalue weighted by Crippen LogP contribution is 2.42. The van der Waals surface area contributed by atoms with Crippen molar-refractivity contribution in [2.45, 2.75) is 44.1 Å². The predicted octanol–water partition coefficient (Wildman–Crippen LogP) is 1.04. The molecule has 24 heavy (non-hydrogen) atoms. The van der Waals surface area contributed by atoms with Crippen LogP contribution in [0.5, 0.6) is 0 Å². The summed E-state index contributed by atoms with van der Waals surface area (Å²) < 4.78 is 11.7. The quantitative estimate of drug-likeness (QED) is 0.753. The minimum atomic E-state index is -0.212. The topological polar surface area (TPSA) is 59.1 Å². The first-order valence-electron chi connectivity index (χ1n) is 9.46. The number of ether oxygens (including phenoxy) is 2. The molecular weight excluding hydrogens is 308 g/mol. The third kappa shape index (κ3) is 2.94. The van der Waals surface area contributed by atoms with Gasteiger partial charge in [-0.05, 0) is 32.1 Å². The molecular formula is C18H28N2O4. The summed E-state index contributed by atoms with van der Waals surface area (Å²) in [6.45, 7) is 4.63. The second-order valence-electron chi connectivity index (χ2n) is 7.82. The van der Waals surface area contributed by atoms with Gasteiger partial charge in [-0.3, -0.25) is 9.59 Å². The van der Waals surface area contributed by atoms with E-state index in [4.69, 9.17) is 9.47 Å². The highest BCUT2D eigenvalue weighted by Gasteiger charge is 2.55. The summed E-state index contributed by atoms with van der Waals surface area (Å²) in [4.78, 5) is 28.2. The van der Waals surface area contributed by atoms with Gasteiger partial charge in [0.25, 0.3) is 0 Å². The molecule has 3 saturated heterocycles. The maximum Gasteiger partial charge on any atom is 0.248 e. The van der Waals surface area contributed by atoms with Crippen molar-refractivity contribution in [1.29, 1.82) is 0 Å². The van der Waals surface area contributed by atoms with Gasteiger partial charge in [-0.25, -0.2) is 0 Å². The van der Waals surface area contributed by atoms with Crippen molar-refractivity contribution >= 4 is 11.8 Å². The van der Waals surface area contributed by atoms with Crippen molar-refractivity contribution in [3.8, 4) is 0 Å². The number of hydrogen-bond acceptors (Lipinski definition) is 4. The summed E-state index contributed by atoms with van der Waals surface area (Å²) in [6, 6.07) is 0. The second-order valence-corrected chi connectivity index (χ2v) is 7.82. The van der Waals surface area contributed by atoms with E-state index < -0.39 is 0 Å². The SMILES string of the molecule is O=C(COCC1CCOC12CN(C(=O)C1CCC1)C2)N1CCCC1. The zero-order chi connectivity index (χ0) is 16.6. The fourth-order valence-corrected chi connectivity index (χ4v) is 4.39. The third-order valence-corrected chi connectivity index (χ3v) is 6.29. The largest absolute Gasteiger partial charge is 0.371 e. The molecule has 0 bridgehead atoms. The minimum absolute atomic E-state index is 0.107. The molecule has 3 aliphatic heterocycles. The van der Waals surface area contributed by atoms with Crippen molar-refractivity contribution < 1.29 is 19.1 Å². The van der Waals surface area contributed by atoms with Gasteiger partial charge in [0.05, 0.1) is 19.7 Å². The number of likely N-dealkylation sites (tertiary alicyclic amines) is 2. The zero-order valence-corrected chi connectivity index (χ0v) is 14.4. The standard InChI is InChI=1S/C18H28N2O4/c21-16(19-7-1-2-8-19)11-23-10-15-6-9-24-18(15)12-20(13-18)17(22)14-4-3-5-14/h14-15H,1-13H2. The average molecular weight is 336 g/mol. The lowest BCUT2D eigenvalue weighted by molar-refractivity contribution is -0.174. The number of carbonyl (C=O) groups excluding carboxylic acids is 2. The lowest BCUT2D eigenvalue weighted by Gasteiger charge is -2.51. The monoisotopic (exact) mass is 336 g/mol. The zero-order valence-electron chi connectivity index (χ0n) is 14.4. The number of carbonyl (C=O) groups is 2. The molecule has 0 aromatic heterocycles. The summed E-state index contributed by atoms with van der Waals surface area (Å²) >= 11 is 0. The van der Waals surface area contributed by atoms with Gasteiger partial charge in [0.15, 0.2) is 0 Å². The maximum atomic E-state index is 12.3. The Labute approximate surface area is 143 Å². The van der Waals surface area contributed by atoms with Gasteiger partial charge in [0.2, 0.25) is 11.8 Å². The Morgan fingerprint density at radius 3 is 2.46 bits per heavy atom. The molecule has 1 aliphatic carbocycles. The summed E-state index contributed by atoms with van der Waals surface area (Å²) in [7, 11) is 0. The van der Waals surface area contributed by atoms with Crippen molar-refractivity contribution in [3.05, 3.63) is 0 Å². The van der Waals surface area contributed by atoms with E-state index in [1.165, 1.54) is 6.42 Å². The van der Waals surface area contributed by atoms with E-state index in [0.717, 1.165) is 51.8 Å². The van der Waals surface area contributed by atoms with Crippen LogP contribution < -0.4 is 0 Å². The molecule has 0 radical (unpaired) electrons. The first-order valence-corrected chi connectivity index (χ1v) is 9.46. The molecule has 1 spiro atoms. The molecule has 6 heteroatoms. The van der Waals surface area contributed by atoms with Crippen LogP contribution in [0.4, 0.5) is 0 Å². The lowest BCUT2D eigenvalue weighted by Crippen LogP contribution is -2.67. The normalized spacial score (nSPS) is 28.9. The van der Waals surface area contributed by atoms with Crippen LogP contribution in [0.3, 0.4) is 0 Å². The molecule has 3 heterocycles. The van der Waals surface area contributed by atoms with Crippen molar-refractivity contribution in [2.24, 2.45) is 11.8 Å². The minimum Gasteiger partial charge on any atom is -0.371 e. The van der Waals surface area contributed by atoms with E-state index in [1.807, 2.05) is 9.80 Å². The van der Waals surface area contributed by atoms with Crippen LogP contribution in [0.1, 0.15) is 38.5 Å². The molecule has 4 fully saturated rings. The molecule has 1 saturated carbocycles. The molecule has 0 aromatic rings. The average Bonchev–Trinajstić information content (AvgIpc) is 3.13. The predicted molar refractivity (Wildman–Crippen MR) is 87.3 cm³/mol. The summed E-state index contributed by atoms with van der Waals surface area (Å²) in [5, 5.41) is 0. The van der Waals surface area contributed by atoms with E-state index in [0.29, 0.717) is 31.5 Å². The highest BCUT2D eigenvalue weighted by molar-refractivity contribution is 5.80. The number of rotatable bonds is 5. The van der Waals surface area contributed by atoms with Crippen molar-refractivity contribution in [2.75, 3.05) is 46.0 Å². The van der Waals surface area contributed by atoms with Gasteiger partial charge >= 0.3 is 0 Å². The van der Waals surface area contributed by atoms with Crippen molar-refractivity contribution in [3.63, 3.8) is 0 Å². The van der Waals surface area contributed by atoms with Gasteiger partial charge in [0, 0.05) is 31.5 Å². The Balaban J connectivity index is 1.22. The highest BCUT2D eigenvalue weighted by atomic mass is 16.5. The fourth-order valence-electron chi connectivity index (χ4n) is 4.39. The van der Waals surface area contributed by atoms with Crippen LogP contribution in [0, 0.1) is 11.8 Å². The van der Waals surface area contributed by atoms with E-state index in [-0.39, 0.29) is 24.0 Å². The molecule has 134 valence electrons. The second kappa shape index (κ2) is 6.64. The first-order chi connectivity index (χ1) is 11.7. The molecule has 6 nitrogen and oxygen atoms in total. The van der Waals surface area contributed by atoms with Crippen molar-refractivity contribution in [1.82, 2.24) is 9.80 Å². The van der Waals surface area contributed by atoms with Crippen LogP contribution in [0.2, 0.25) is 0 Å². The van der Waals surface area contributed by atoms with E-state index in [1.54, 1.807) is 0 Å². The molecule has 4 rings (SSSR count). The van der Waals surface area contributed by atoms with Gasteiger partial charge < -0.3 is 19.3 Å². The number of amides is 2. The van der Waals surface area contributed by atoms with Crippen LogP contribution in [0.15, 0.2) is 0 Å². The Morgan fingerprint density at radius 1 is 1.04 bits per heavy atom. The Kier molecular flexibility index (Phi) is 4.52. The van der Waals surface area contributed by atoms with Crippen LogP contribution in [0.25, 0.3) is 0 Å². The Morgan fingerprint density at radius 2 is 1.79 bits per heavy atom. The Bertz CT molecular complexity index is 493. The molecule has 4 aliphatic rings. The van der Waals surface area contributed by atoms with Gasteiger partial charge in [0.1, 0.15) is 12.2 Å². The van der Waals surface area contributed by atoms with Crippen LogP contribution in [-0.2, 0) is 19.1 Å². The maximum absolute atomic E-state index is 12.3.